The minimum Gasteiger partial charge on any atom is -0.192 e. The van der Waals surface area contributed by atoms with E-state index in [0.717, 1.165) is 0 Å². The van der Waals surface area contributed by atoms with Crippen LogP contribution in [0, 0.1) is 34.0 Å². The van der Waals surface area contributed by atoms with Crippen LogP contribution in [0.25, 0.3) is 0 Å². The Labute approximate surface area is 91.2 Å². The number of nitriles is 3. The van der Waals surface area contributed by atoms with Crippen molar-refractivity contribution in [3.63, 3.8) is 0 Å². The minimum absolute atomic E-state index is 0.439. The van der Waals surface area contributed by atoms with E-state index in [4.69, 9.17) is 15.8 Å². The Bertz CT molecular complexity index is 456. The zero-order valence-corrected chi connectivity index (χ0v) is 8.84. The largest absolute Gasteiger partial charge is 0.192 e. The van der Waals surface area contributed by atoms with Gasteiger partial charge in [-0.15, -0.1) is 0 Å². The molecule has 0 amide bonds. The Morgan fingerprint density at radius 1 is 0.600 bits per heavy atom. The standard InChI is InChI=1S/C9H6B3N3/c10-7-4(1-13)8(11)6(3-15)9(12)5(7)2-14/h10-12H2. The molecule has 0 spiro atoms. The summed E-state index contributed by atoms with van der Waals surface area (Å²) in [7, 11) is 5.20. The van der Waals surface area contributed by atoms with Gasteiger partial charge in [-0.3, -0.25) is 0 Å². The molecule has 1 aromatic carbocycles. The van der Waals surface area contributed by atoms with Gasteiger partial charge in [0.25, 0.3) is 0 Å². The molecule has 0 aliphatic heterocycles. The molecular formula is C9H6B3N3. The molecule has 0 saturated carbocycles. The Kier molecular flexibility index (Phi) is 2.89. The van der Waals surface area contributed by atoms with E-state index in [9.17, 15) is 0 Å². The lowest BCUT2D eigenvalue weighted by Crippen LogP contribution is -2.36. The summed E-state index contributed by atoms with van der Waals surface area (Å²) in [6, 6.07) is 6.11. The fourth-order valence-electron chi connectivity index (χ4n) is 1.72. The third kappa shape index (κ3) is 1.49. The monoisotopic (exact) mass is 189 g/mol. The van der Waals surface area contributed by atoms with Crippen LogP contribution in [-0.2, 0) is 0 Å². The van der Waals surface area contributed by atoms with Crippen LogP contribution in [0.15, 0.2) is 0 Å². The van der Waals surface area contributed by atoms with E-state index in [2.05, 4.69) is 0 Å². The molecule has 1 aromatic rings. The molecule has 0 aliphatic carbocycles. The smallest absolute Gasteiger partial charge is 0.142 e. The maximum atomic E-state index is 8.96. The van der Waals surface area contributed by atoms with Crippen molar-refractivity contribution in [2.75, 3.05) is 0 Å². The molecule has 0 fully saturated rings. The molecule has 0 aromatic heterocycles. The van der Waals surface area contributed by atoms with E-state index < -0.39 is 0 Å². The first kappa shape index (κ1) is 11.0. The molecule has 0 aliphatic rings. The first-order chi connectivity index (χ1) is 7.08. The fraction of sp³-hybridized carbons (Fsp3) is 0. The van der Waals surface area contributed by atoms with Gasteiger partial charge < -0.3 is 0 Å². The summed E-state index contributed by atoms with van der Waals surface area (Å²) in [4.78, 5) is 0. The van der Waals surface area contributed by atoms with Gasteiger partial charge in [0.15, 0.2) is 0 Å². The predicted molar refractivity (Wildman–Crippen MR) is 65.1 cm³/mol. The second kappa shape index (κ2) is 3.95. The highest BCUT2D eigenvalue weighted by atomic mass is 14.3. The molecule has 0 saturated heterocycles. The van der Waals surface area contributed by atoms with Crippen LogP contribution < -0.4 is 16.4 Å². The summed E-state index contributed by atoms with van der Waals surface area (Å²) >= 11 is 0. The lowest BCUT2D eigenvalue weighted by Gasteiger charge is -2.11. The minimum atomic E-state index is 0.439. The van der Waals surface area contributed by atoms with Crippen LogP contribution in [0.3, 0.4) is 0 Å². The second-order valence-electron chi connectivity index (χ2n) is 3.34. The van der Waals surface area contributed by atoms with Gasteiger partial charge >= 0.3 is 0 Å². The number of benzene rings is 1. The van der Waals surface area contributed by atoms with Crippen molar-refractivity contribution in [1.82, 2.24) is 0 Å². The van der Waals surface area contributed by atoms with Crippen molar-refractivity contribution in [2.24, 2.45) is 0 Å². The fourth-order valence-corrected chi connectivity index (χ4v) is 1.72. The quantitative estimate of drug-likeness (QED) is 0.391. The van der Waals surface area contributed by atoms with E-state index >= 15 is 0 Å². The van der Waals surface area contributed by atoms with Gasteiger partial charge in [0.1, 0.15) is 23.5 Å². The number of hydrogen-bond acceptors (Lipinski definition) is 3. The van der Waals surface area contributed by atoms with Crippen LogP contribution in [0.4, 0.5) is 0 Å². The first-order valence-electron chi connectivity index (χ1n) is 4.42. The molecule has 0 unspecified atom stereocenters. The van der Waals surface area contributed by atoms with Crippen LogP contribution in [-0.4, -0.2) is 23.5 Å². The third-order valence-electron chi connectivity index (χ3n) is 2.59. The first-order valence-corrected chi connectivity index (χ1v) is 4.42. The summed E-state index contributed by atoms with van der Waals surface area (Å²) in [6.07, 6.45) is 0. The molecular weight excluding hydrogens is 183 g/mol. The molecule has 15 heavy (non-hydrogen) atoms. The molecule has 6 heteroatoms. The van der Waals surface area contributed by atoms with E-state index in [1.807, 2.05) is 18.2 Å². The van der Waals surface area contributed by atoms with Crippen LogP contribution in [0.2, 0.25) is 0 Å². The Balaban J connectivity index is 3.88. The van der Waals surface area contributed by atoms with Gasteiger partial charge in [-0.25, -0.2) is 0 Å². The Morgan fingerprint density at radius 3 is 0.933 bits per heavy atom. The summed E-state index contributed by atoms with van der Waals surface area (Å²) in [5, 5.41) is 26.9. The van der Waals surface area contributed by atoms with Crippen molar-refractivity contribution >= 4 is 39.9 Å². The van der Waals surface area contributed by atoms with Crippen molar-refractivity contribution in [1.29, 1.82) is 15.8 Å². The van der Waals surface area contributed by atoms with Crippen molar-refractivity contribution in [2.45, 2.75) is 0 Å². The SMILES string of the molecule is Bc1c(C#N)c(B)c(C#N)c(B)c1C#N. The van der Waals surface area contributed by atoms with Gasteiger partial charge in [0, 0.05) is 16.7 Å². The normalized spacial score (nSPS) is 8.60. The topological polar surface area (TPSA) is 71.4 Å². The highest BCUT2D eigenvalue weighted by molar-refractivity contribution is 6.48. The Hall–Kier alpha value is -2.12. The van der Waals surface area contributed by atoms with Crippen molar-refractivity contribution < 1.29 is 0 Å². The van der Waals surface area contributed by atoms with E-state index in [1.165, 1.54) is 0 Å². The molecule has 0 N–H and O–H groups in total. The number of hydrogen-bond donors (Lipinski definition) is 0. The van der Waals surface area contributed by atoms with Gasteiger partial charge in [0.2, 0.25) is 0 Å². The van der Waals surface area contributed by atoms with Gasteiger partial charge in [-0.2, -0.15) is 15.8 Å². The van der Waals surface area contributed by atoms with Crippen LogP contribution in [0.1, 0.15) is 16.7 Å². The van der Waals surface area contributed by atoms with Gasteiger partial charge in [0.05, 0.1) is 18.2 Å². The zero-order valence-electron chi connectivity index (χ0n) is 8.84. The van der Waals surface area contributed by atoms with Gasteiger partial charge in [-0.05, 0) is 0 Å². The molecule has 0 radical (unpaired) electrons. The predicted octanol–water partition coefficient (Wildman–Crippen LogP) is -3.92. The van der Waals surface area contributed by atoms with Crippen molar-refractivity contribution in [3.8, 4) is 18.2 Å². The molecule has 66 valence electrons. The zero-order chi connectivity index (χ0) is 11.6. The lowest BCUT2D eigenvalue weighted by molar-refractivity contribution is 1.47. The second-order valence-corrected chi connectivity index (χ2v) is 3.34. The summed E-state index contributed by atoms with van der Waals surface area (Å²) in [6.45, 7) is 0. The highest BCUT2D eigenvalue weighted by Gasteiger charge is 2.15. The third-order valence-corrected chi connectivity index (χ3v) is 2.59. The summed E-state index contributed by atoms with van der Waals surface area (Å²) in [5.74, 6) is 0. The maximum Gasteiger partial charge on any atom is 0.142 e. The Morgan fingerprint density at radius 2 is 0.800 bits per heavy atom. The summed E-state index contributed by atoms with van der Waals surface area (Å²) < 4.78 is 0. The average molecular weight is 189 g/mol. The van der Waals surface area contributed by atoms with Crippen molar-refractivity contribution in [3.05, 3.63) is 16.7 Å². The number of nitrogens with zero attached hydrogens (tertiary/aromatic N) is 3. The maximum absolute atomic E-state index is 8.96. The molecule has 1 rings (SSSR count). The average Bonchev–Trinajstić information content (AvgIpc) is 2.19. The molecule has 0 atom stereocenters. The van der Waals surface area contributed by atoms with E-state index in [0.29, 0.717) is 33.1 Å². The highest BCUT2D eigenvalue weighted by Crippen LogP contribution is 1.98. The molecule has 0 heterocycles. The molecule has 3 nitrogen and oxygen atoms in total. The van der Waals surface area contributed by atoms with Crippen LogP contribution >= 0.6 is 0 Å². The van der Waals surface area contributed by atoms with E-state index in [1.54, 1.807) is 23.5 Å². The number of rotatable bonds is 0. The molecule has 0 bridgehead atoms. The van der Waals surface area contributed by atoms with Gasteiger partial charge in [-0.1, -0.05) is 16.4 Å². The summed E-state index contributed by atoms with van der Waals surface area (Å²) in [5.41, 5.74) is 3.30. The van der Waals surface area contributed by atoms with Crippen LogP contribution in [0.5, 0.6) is 0 Å². The lowest BCUT2D eigenvalue weighted by atomic mass is 9.69. The van der Waals surface area contributed by atoms with E-state index in [-0.39, 0.29) is 0 Å².